The topological polar surface area (TPSA) is 91.8 Å². The van der Waals surface area contributed by atoms with Crippen LogP contribution in [-0.4, -0.2) is 16.0 Å². The first-order valence-electron chi connectivity index (χ1n) is 7.44. The van der Waals surface area contributed by atoms with Gasteiger partial charge in [-0.3, -0.25) is 4.79 Å². The summed E-state index contributed by atoms with van der Waals surface area (Å²) in [5.74, 6) is -0.283. The van der Waals surface area contributed by atoms with Crippen LogP contribution in [0.3, 0.4) is 0 Å². The van der Waals surface area contributed by atoms with Crippen molar-refractivity contribution >= 4 is 5.91 Å². The number of carbonyl (C=O) groups is 1. The Hall–Kier alpha value is -3.53. The lowest BCUT2D eigenvalue weighted by Gasteiger charge is -2.13. The van der Waals surface area contributed by atoms with Gasteiger partial charge in [0, 0.05) is 23.6 Å². The number of hydrogen-bond acceptors (Lipinski definition) is 5. The van der Waals surface area contributed by atoms with Crippen LogP contribution in [-0.2, 0) is 0 Å². The number of aryl methyl sites for hydroxylation is 1. The molecule has 6 nitrogen and oxygen atoms in total. The molecule has 25 heavy (non-hydrogen) atoms. The average Bonchev–Trinajstić information content (AvgIpc) is 3.07. The number of amides is 1. The van der Waals surface area contributed by atoms with Gasteiger partial charge in [0.1, 0.15) is 11.9 Å². The minimum atomic E-state index is -1.09. The van der Waals surface area contributed by atoms with Crippen molar-refractivity contribution in [1.29, 1.82) is 5.26 Å². The van der Waals surface area contributed by atoms with Crippen molar-refractivity contribution in [2.45, 2.75) is 13.0 Å². The minimum absolute atomic E-state index is 0.114. The summed E-state index contributed by atoms with van der Waals surface area (Å²) in [4.78, 5) is 16.5. The van der Waals surface area contributed by atoms with Gasteiger partial charge in [-0.1, -0.05) is 35.5 Å². The second kappa shape index (κ2) is 6.93. The molecule has 2 aromatic carbocycles. The third-order valence-electron chi connectivity index (χ3n) is 3.53. The van der Waals surface area contributed by atoms with Crippen LogP contribution in [0.15, 0.2) is 53.1 Å². The Morgan fingerprint density at radius 2 is 2.08 bits per heavy atom. The maximum atomic E-state index is 13.8. The SMILES string of the molecule is Cc1nc(-c2cccc(C(=O)NC(C#N)c3ccccc3F)c2)no1. The zero-order valence-corrected chi connectivity index (χ0v) is 13.2. The number of nitrogens with zero attached hydrogens (tertiary/aromatic N) is 3. The summed E-state index contributed by atoms with van der Waals surface area (Å²) in [6, 6.07) is 13.2. The molecule has 7 heteroatoms. The number of aromatic nitrogens is 2. The highest BCUT2D eigenvalue weighted by molar-refractivity contribution is 5.95. The number of nitrogens with one attached hydrogen (secondary N) is 1. The molecular formula is C18H13FN4O2. The summed E-state index contributed by atoms with van der Waals surface area (Å²) in [5.41, 5.74) is 1.02. The summed E-state index contributed by atoms with van der Waals surface area (Å²) in [6.07, 6.45) is 0. The zero-order chi connectivity index (χ0) is 17.8. The van der Waals surface area contributed by atoms with Crippen LogP contribution in [0.2, 0.25) is 0 Å². The predicted molar refractivity (Wildman–Crippen MR) is 86.7 cm³/mol. The molecule has 0 fully saturated rings. The van der Waals surface area contributed by atoms with E-state index in [4.69, 9.17) is 4.52 Å². The van der Waals surface area contributed by atoms with E-state index in [0.29, 0.717) is 22.8 Å². The van der Waals surface area contributed by atoms with Gasteiger partial charge in [-0.15, -0.1) is 0 Å². The number of carbonyl (C=O) groups excluding carboxylic acids is 1. The second-order valence-electron chi connectivity index (χ2n) is 5.27. The van der Waals surface area contributed by atoms with Crippen molar-refractivity contribution in [3.63, 3.8) is 0 Å². The summed E-state index contributed by atoms with van der Waals surface area (Å²) < 4.78 is 18.8. The first kappa shape index (κ1) is 16.3. The van der Waals surface area contributed by atoms with Gasteiger partial charge in [0.15, 0.2) is 0 Å². The van der Waals surface area contributed by atoms with Crippen molar-refractivity contribution < 1.29 is 13.7 Å². The van der Waals surface area contributed by atoms with E-state index in [1.165, 1.54) is 18.2 Å². The molecule has 0 aliphatic carbocycles. The van der Waals surface area contributed by atoms with Gasteiger partial charge in [0.25, 0.3) is 5.91 Å². The third kappa shape index (κ3) is 3.53. The van der Waals surface area contributed by atoms with Crippen LogP contribution in [0, 0.1) is 24.1 Å². The fourth-order valence-corrected chi connectivity index (χ4v) is 2.32. The molecule has 1 atom stereocenters. The number of benzene rings is 2. The highest BCUT2D eigenvalue weighted by Crippen LogP contribution is 2.19. The van der Waals surface area contributed by atoms with Crippen molar-refractivity contribution in [3.05, 3.63) is 71.4 Å². The molecule has 0 saturated carbocycles. The molecule has 3 aromatic rings. The van der Waals surface area contributed by atoms with Gasteiger partial charge >= 0.3 is 0 Å². The summed E-state index contributed by atoms with van der Waals surface area (Å²) >= 11 is 0. The van der Waals surface area contributed by atoms with E-state index in [-0.39, 0.29) is 5.56 Å². The average molecular weight is 336 g/mol. The highest BCUT2D eigenvalue weighted by atomic mass is 19.1. The Labute approximate surface area is 142 Å². The Bertz CT molecular complexity index is 961. The van der Waals surface area contributed by atoms with Crippen molar-refractivity contribution in [3.8, 4) is 17.5 Å². The van der Waals surface area contributed by atoms with E-state index in [1.807, 2.05) is 6.07 Å². The van der Waals surface area contributed by atoms with Crippen molar-refractivity contribution in [2.24, 2.45) is 0 Å². The zero-order valence-electron chi connectivity index (χ0n) is 13.2. The second-order valence-corrected chi connectivity index (χ2v) is 5.27. The molecule has 1 heterocycles. The predicted octanol–water partition coefficient (Wildman–Crippen LogP) is 3.18. The van der Waals surface area contributed by atoms with Crippen LogP contribution in [0.5, 0.6) is 0 Å². The molecule has 0 spiro atoms. The van der Waals surface area contributed by atoms with Gasteiger partial charge in [0.05, 0.1) is 6.07 Å². The molecule has 1 amide bonds. The molecular weight excluding hydrogens is 323 g/mol. The quantitative estimate of drug-likeness (QED) is 0.790. The van der Waals surface area contributed by atoms with Gasteiger partial charge < -0.3 is 9.84 Å². The number of rotatable bonds is 4. The van der Waals surface area contributed by atoms with Gasteiger partial charge in [0.2, 0.25) is 11.7 Å². The van der Waals surface area contributed by atoms with E-state index >= 15 is 0 Å². The van der Waals surface area contributed by atoms with E-state index in [9.17, 15) is 14.4 Å². The lowest BCUT2D eigenvalue weighted by Crippen LogP contribution is -2.28. The lowest BCUT2D eigenvalue weighted by molar-refractivity contribution is 0.0944. The summed E-state index contributed by atoms with van der Waals surface area (Å²) in [5, 5.41) is 15.6. The number of nitriles is 1. The van der Waals surface area contributed by atoms with Crippen molar-refractivity contribution in [2.75, 3.05) is 0 Å². The third-order valence-corrected chi connectivity index (χ3v) is 3.53. The molecule has 1 unspecified atom stereocenters. The molecule has 1 aromatic heterocycles. The molecule has 0 radical (unpaired) electrons. The Morgan fingerprint density at radius 1 is 1.28 bits per heavy atom. The van der Waals surface area contributed by atoms with Gasteiger partial charge in [-0.25, -0.2) is 4.39 Å². The van der Waals surface area contributed by atoms with Gasteiger partial charge in [-0.05, 0) is 18.2 Å². The Balaban J connectivity index is 1.84. The molecule has 124 valence electrons. The molecule has 0 bridgehead atoms. The number of hydrogen-bond donors (Lipinski definition) is 1. The smallest absolute Gasteiger partial charge is 0.252 e. The lowest BCUT2D eigenvalue weighted by atomic mass is 10.1. The molecule has 1 N–H and O–H groups in total. The first-order valence-corrected chi connectivity index (χ1v) is 7.44. The van der Waals surface area contributed by atoms with Crippen LogP contribution in [0.1, 0.15) is 27.9 Å². The molecule has 0 aliphatic heterocycles. The molecule has 0 aliphatic rings. The van der Waals surface area contributed by atoms with E-state index in [1.54, 1.807) is 37.3 Å². The number of halogens is 1. The Kier molecular flexibility index (Phi) is 4.53. The van der Waals surface area contributed by atoms with Crippen LogP contribution in [0.25, 0.3) is 11.4 Å². The van der Waals surface area contributed by atoms with Crippen LogP contribution >= 0.6 is 0 Å². The van der Waals surface area contributed by atoms with Crippen LogP contribution < -0.4 is 5.32 Å². The highest BCUT2D eigenvalue weighted by Gasteiger charge is 2.19. The summed E-state index contributed by atoms with van der Waals surface area (Å²) in [7, 11) is 0. The fraction of sp³-hybridized carbons (Fsp3) is 0.111. The first-order chi connectivity index (χ1) is 12.1. The minimum Gasteiger partial charge on any atom is -0.339 e. The molecule has 0 saturated heterocycles. The monoisotopic (exact) mass is 336 g/mol. The normalized spacial score (nSPS) is 11.6. The Morgan fingerprint density at radius 3 is 2.76 bits per heavy atom. The maximum Gasteiger partial charge on any atom is 0.252 e. The van der Waals surface area contributed by atoms with E-state index in [0.717, 1.165) is 0 Å². The van der Waals surface area contributed by atoms with Crippen molar-refractivity contribution in [1.82, 2.24) is 15.5 Å². The largest absolute Gasteiger partial charge is 0.339 e. The maximum absolute atomic E-state index is 13.8. The van der Waals surface area contributed by atoms with Crippen LogP contribution in [0.4, 0.5) is 4.39 Å². The van der Waals surface area contributed by atoms with Gasteiger partial charge in [-0.2, -0.15) is 10.2 Å². The van der Waals surface area contributed by atoms with E-state index in [2.05, 4.69) is 15.5 Å². The summed E-state index contributed by atoms with van der Waals surface area (Å²) in [6.45, 7) is 1.67. The standard InChI is InChI=1S/C18H13FN4O2/c1-11-21-17(23-25-11)12-5-4-6-13(9-12)18(24)22-16(10-20)14-7-2-3-8-15(14)19/h2-9,16H,1H3,(H,22,24). The fourth-order valence-electron chi connectivity index (χ4n) is 2.32. The molecule has 3 rings (SSSR count). The van der Waals surface area contributed by atoms with E-state index < -0.39 is 17.8 Å².